The molecule has 0 spiro atoms. The third kappa shape index (κ3) is 7.29. The van der Waals surface area contributed by atoms with E-state index in [4.69, 9.17) is 4.74 Å². The molecule has 0 heterocycles. The second-order valence-electron chi connectivity index (χ2n) is 6.56. The molecule has 0 aliphatic carbocycles. The number of rotatable bonds is 10. The number of hydrazone groups is 1. The molecule has 0 radical (unpaired) electrons. The highest BCUT2D eigenvalue weighted by Crippen LogP contribution is 2.21. The maximum Gasteiger partial charge on any atom is 0.271 e. The van der Waals surface area contributed by atoms with Crippen molar-refractivity contribution in [2.24, 2.45) is 5.10 Å². The number of amides is 2. The predicted molar refractivity (Wildman–Crippen MR) is 114 cm³/mol. The summed E-state index contributed by atoms with van der Waals surface area (Å²) >= 11 is 0. The molecule has 2 rings (SSSR count). The van der Waals surface area contributed by atoms with E-state index >= 15 is 0 Å². The van der Waals surface area contributed by atoms with Crippen LogP contribution in [-0.2, 0) is 4.79 Å². The molecule has 0 aromatic heterocycles. The van der Waals surface area contributed by atoms with Crippen molar-refractivity contribution in [3.63, 3.8) is 0 Å². The number of aromatic hydroxyl groups is 1. The van der Waals surface area contributed by atoms with Gasteiger partial charge in [-0.15, -0.1) is 0 Å². The third-order valence-corrected chi connectivity index (χ3v) is 4.27. The van der Waals surface area contributed by atoms with Crippen molar-refractivity contribution in [2.75, 3.05) is 12.4 Å². The molecule has 0 aliphatic heterocycles. The van der Waals surface area contributed by atoms with E-state index in [1.54, 1.807) is 36.4 Å². The Morgan fingerprint density at radius 3 is 2.72 bits per heavy atom. The average Bonchev–Trinajstić information content (AvgIpc) is 2.72. The Kier molecular flexibility index (Phi) is 8.69. The minimum Gasteiger partial charge on any atom is -0.507 e. The highest BCUT2D eigenvalue weighted by molar-refractivity contribution is 5.97. The van der Waals surface area contributed by atoms with Gasteiger partial charge in [-0.3, -0.25) is 9.59 Å². The largest absolute Gasteiger partial charge is 0.507 e. The van der Waals surface area contributed by atoms with Crippen LogP contribution in [0.1, 0.15) is 54.9 Å². The molecule has 0 atom stereocenters. The number of methoxy groups -OCH3 is 1. The van der Waals surface area contributed by atoms with Crippen molar-refractivity contribution in [3.05, 3.63) is 53.6 Å². The van der Waals surface area contributed by atoms with Crippen molar-refractivity contribution in [3.8, 4) is 11.5 Å². The summed E-state index contributed by atoms with van der Waals surface area (Å²) < 4.78 is 5.09. The van der Waals surface area contributed by atoms with Crippen LogP contribution in [0, 0.1) is 0 Å². The minimum atomic E-state index is -0.428. The summed E-state index contributed by atoms with van der Waals surface area (Å²) in [5, 5.41) is 16.5. The Bertz CT molecular complexity index is 865. The van der Waals surface area contributed by atoms with Crippen LogP contribution in [0.15, 0.2) is 47.6 Å². The Morgan fingerprint density at radius 2 is 1.97 bits per heavy atom. The van der Waals surface area contributed by atoms with Gasteiger partial charge in [0, 0.05) is 23.2 Å². The number of nitrogens with zero attached hydrogens (tertiary/aromatic N) is 1. The predicted octanol–water partition coefficient (Wildman–Crippen LogP) is 4.07. The van der Waals surface area contributed by atoms with Gasteiger partial charge in [0.05, 0.1) is 13.3 Å². The van der Waals surface area contributed by atoms with Crippen LogP contribution < -0.4 is 15.5 Å². The van der Waals surface area contributed by atoms with E-state index in [0.29, 0.717) is 29.0 Å². The number of carbonyl (C=O) groups excluding carboxylic acids is 2. The zero-order valence-corrected chi connectivity index (χ0v) is 16.8. The first-order chi connectivity index (χ1) is 14.0. The molecule has 0 bridgehead atoms. The zero-order chi connectivity index (χ0) is 21.1. The standard InChI is InChI=1S/C22H27N3O4/c1-3-4-5-6-10-21(27)24-18-9-7-8-16(13-18)22(28)25-23-15-17-14-19(29-2)11-12-20(17)26/h7-9,11-15,26H,3-6,10H2,1-2H3,(H,24,27)(H,25,28)/b23-15+. The summed E-state index contributed by atoms with van der Waals surface area (Å²) in [6.45, 7) is 2.13. The lowest BCUT2D eigenvalue weighted by Gasteiger charge is -2.07. The number of unbranched alkanes of at least 4 members (excludes halogenated alkanes) is 3. The quantitative estimate of drug-likeness (QED) is 0.320. The molecule has 0 saturated carbocycles. The lowest BCUT2D eigenvalue weighted by molar-refractivity contribution is -0.116. The molecule has 0 unspecified atom stereocenters. The van der Waals surface area contributed by atoms with E-state index in [1.165, 1.54) is 19.4 Å². The number of anilines is 1. The molecular formula is C22H27N3O4. The molecule has 7 heteroatoms. The van der Waals surface area contributed by atoms with Crippen LogP contribution in [0.4, 0.5) is 5.69 Å². The van der Waals surface area contributed by atoms with Crippen molar-refractivity contribution < 1.29 is 19.4 Å². The average molecular weight is 397 g/mol. The summed E-state index contributed by atoms with van der Waals surface area (Å²) in [6.07, 6.45) is 5.93. The molecule has 154 valence electrons. The summed E-state index contributed by atoms with van der Waals surface area (Å²) in [7, 11) is 1.52. The fourth-order valence-corrected chi connectivity index (χ4v) is 2.66. The van der Waals surface area contributed by atoms with E-state index in [1.807, 2.05) is 0 Å². The molecule has 2 aromatic carbocycles. The number of hydrogen-bond acceptors (Lipinski definition) is 5. The molecule has 0 aliphatic rings. The van der Waals surface area contributed by atoms with Crippen molar-refractivity contribution in [1.29, 1.82) is 0 Å². The maximum atomic E-state index is 12.3. The van der Waals surface area contributed by atoms with Crippen LogP contribution >= 0.6 is 0 Å². The van der Waals surface area contributed by atoms with Gasteiger partial charge in [-0.05, 0) is 42.8 Å². The van der Waals surface area contributed by atoms with E-state index in [-0.39, 0.29) is 11.7 Å². The van der Waals surface area contributed by atoms with Crippen LogP contribution in [-0.4, -0.2) is 30.2 Å². The smallest absolute Gasteiger partial charge is 0.271 e. The normalized spacial score (nSPS) is 10.7. The molecule has 0 fully saturated rings. The number of ether oxygens (including phenoxy) is 1. The first kappa shape index (κ1) is 21.9. The Balaban J connectivity index is 1.93. The van der Waals surface area contributed by atoms with Crippen molar-refractivity contribution in [1.82, 2.24) is 5.43 Å². The summed E-state index contributed by atoms with van der Waals surface area (Å²) in [4.78, 5) is 24.3. The molecular weight excluding hydrogens is 370 g/mol. The third-order valence-electron chi connectivity index (χ3n) is 4.27. The Labute approximate surface area is 170 Å². The van der Waals surface area contributed by atoms with E-state index in [2.05, 4.69) is 22.8 Å². The van der Waals surface area contributed by atoms with Gasteiger partial charge in [0.25, 0.3) is 5.91 Å². The molecule has 0 saturated heterocycles. The van der Waals surface area contributed by atoms with Gasteiger partial charge >= 0.3 is 0 Å². The van der Waals surface area contributed by atoms with Crippen LogP contribution in [0.3, 0.4) is 0 Å². The van der Waals surface area contributed by atoms with Crippen molar-refractivity contribution >= 4 is 23.7 Å². The van der Waals surface area contributed by atoms with Gasteiger partial charge in [0.2, 0.25) is 5.91 Å². The second kappa shape index (κ2) is 11.5. The fraction of sp³-hybridized carbons (Fsp3) is 0.318. The van der Waals surface area contributed by atoms with Gasteiger partial charge < -0.3 is 15.2 Å². The Hall–Kier alpha value is -3.35. The highest BCUT2D eigenvalue weighted by atomic mass is 16.5. The molecule has 3 N–H and O–H groups in total. The molecule has 7 nitrogen and oxygen atoms in total. The number of phenols is 1. The van der Waals surface area contributed by atoms with Gasteiger partial charge in [-0.1, -0.05) is 32.3 Å². The second-order valence-corrected chi connectivity index (χ2v) is 6.56. The summed E-state index contributed by atoms with van der Waals surface area (Å²) in [6, 6.07) is 11.4. The summed E-state index contributed by atoms with van der Waals surface area (Å²) in [5.41, 5.74) is 3.74. The molecule has 2 amide bonds. The first-order valence-electron chi connectivity index (χ1n) is 9.63. The lowest BCUT2D eigenvalue weighted by Crippen LogP contribution is -2.18. The van der Waals surface area contributed by atoms with Crippen LogP contribution in [0.5, 0.6) is 11.5 Å². The number of phenolic OH excluding ortho intramolecular Hbond substituents is 1. The topological polar surface area (TPSA) is 100 Å². The van der Waals surface area contributed by atoms with Gasteiger partial charge in [0.1, 0.15) is 11.5 Å². The minimum absolute atomic E-state index is 0.0208. The monoisotopic (exact) mass is 397 g/mol. The van der Waals surface area contributed by atoms with Crippen LogP contribution in [0.2, 0.25) is 0 Å². The first-order valence-corrected chi connectivity index (χ1v) is 9.63. The van der Waals surface area contributed by atoms with Gasteiger partial charge in [-0.25, -0.2) is 5.43 Å². The van der Waals surface area contributed by atoms with E-state index in [0.717, 1.165) is 25.7 Å². The lowest BCUT2D eigenvalue weighted by atomic mass is 10.1. The van der Waals surface area contributed by atoms with E-state index < -0.39 is 5.91 Å². The van der Waals surface area contributed by atoms with Gasteiger partial charge in [0.15, 0.2) is 0 Å². The maximum absolute atomic E-state index is 12.3. The highest BCUT2D eigenvalue weighted by Gasteiger charge is 2.08. The molecule has 2 aromatic rings. The van der Waals surface area contributed by atoms with Crippen LogP contribution in [0.25, 0.3) is 0 Å². The molecule has 29 heavy (non-hydrogen) atoms. The zero-order valence-electron chi connectivity index (χ0n) is 16.8. The number of nitrogens with one attached hydrogen (secondary N) is 2. The number of hydrogen-bond donors (Lipinski definition) is 3. The van der Waals surface area contributed by atoms with Crippen molar-refractivity contribution in [2.45, 2.75) is 39.0 Å². The van der Waals surface area contributed by atoms with E-state index in [9.17, 15) is 14.7 Å². The van der Waals surface area contributed by atoms with Gasteiger partial charge in [-0.2, -0.15) is 5.10 Å². The number of benzene rings is 2. The fourth-order valence-electron chi connectivity index (χ4n) is 2.66. The number of carbonyl (C=O) groups is 2. The SMILES string of the molecule is CCCCCCC(=O)Nc1cccc(C(=O)N/N=C/c2cc(OC)ccc2O)c1. The summed E-state index contributed by atoms with van der Waals surface area (Å²) in [5.74, 6) is 0.0917. The Morgan fingerprint density at radius 1 is 1.14 bits per heavy atom.